The maximum atomic E-state index is 9.36. The SMILES string of the molecule is OCC(NCc1nncs1)c1cccc(Cl)c1. The first-order valence-electron chi connectivity index (χ1n) is 5.14. The molecule has 1 unspecified atom stereocenters. The molecule has 1 heterocycles. The highest BCUT2D eigenvalue weighted by Gasteiger charge is 2.10. The minimum absolute atomic E-state index is 0.0130. The van der Waals surface area contributed by atoms with Crippen molar-refractivity contribution in [3.05, 3.63) is 45.4 Å². The zero-order valence-electron chi connectivity index (χ0n) is 9.01. The second-order valence-electron chi connectivity index (χ2n) is 3.50. The van der Waals surface area contributed by atoms with Gasteiger partial charge in [0.15, 0.2) is 0 Å². The third-order valence-corrected chi connectivity index (χ3v) is 3.27. The lowest BCUT2D eigenvalue weighted by Gasteiger charge is -2.15. The van der Waals surface area contributed by atoms with E-state index in [2.05, 4.69) is 15.5 Å². The van der Waals surface area contributed by atoms with Crippen LogP contribution in [0.15, 0.2) is 29.8 Å². The molecule has 0 fully saturated rings. The molecule has 2 N–H and O–H groups in total. The minimum atomic E-state index is -0.141. The van der Waals surface area contributed by atoms with Crippen molar-refractivity contribution in [2.45, 2.75) is 12.6 Å². The van der Waals surface area contributed by atoms with Gasteiger partial charge < -0.3 is 10.4 Å². The third-order valence-electron chi connectivity index (χ3n) is 2.34. The van der Waals surface area contributed by atoms with Gasteiger partial charge in [0, 0.05) is 5.02 Å². The van der Waals surface area contributed by atoms with E-state index in [0.717, 1.165) is 10.6 Å². The van der Waals surface area contributed by atoms with Gasteiger partial charge in [-0.1, -0.05) is 23.7 Å². The van der Waals surface area contributed by atoms with Gasteiger partial charge in [-0.05, 0) is 17.7 Å². The number of benzene rings is 1. The van der Waals surface area contributed by atoms with Crippen molar-refractivity contribution >= 4 is 22.9 Å². The summed E-state index contributed by atoms with van der Waals surface area (Å²) in [4.78, 5) is 0. The Morgan fingerprint density at radius 2 is 2.35 bits per heavy atom. The molecule has 0 radical (unpaired) electrons. The highest BCUT2D eigenvalue weighted by molar-refractivity contribution is 7.09. The first kappa shape index (κ1) is 12.4. The molecule has 2 rings (SSSR count). The van der Waals surface area contributed by atoms with Crippen LogP contribution in [-0.2, 0) is 6.54 Å². The standard InChI is InChI=1S/C11H12ClN3OS/c12-9-3-1-2-8(4-9)10(6-16)13-5-11-15-14-7-17-11/h1-4,7,10,13,16H,5-6H2. The maximum absolute atomic E-state index is 9.36. The summed E-state index contributed by atoms with van der Waals surface area (Å²) in [5.74, 6) is 0. The number of nitrogens with one attached hydrogen (secondary N) is 1. The molecule has 0 spiro atoms. The molecule has 0 aliphatic carbocycles. The smallest absolute Gasteiger partial charge is 0.131 e. The molecule has 1 atom stereocenters. The number of hydrogen-bond acceptors (Lipinski definition) is 5. The first-order valence-corrected chi connectivity index (χ1v) is 6.40. The van der Waals surface area contributed by atoms with Gasteiger partial charge in [-0.3, -0.25) is 0 Å². The molecule has 0 amide bonds. The van der Waals surface area contributed by atoms with E-state index >= 15 is 0 Å². The minimum Gasteiger partial charge on any atom is -0.394 e. The van der Waals surface area contributed by atoms with Gasteiger partial charge in [0.2, 0.25) is 0 Å². The van der Waals surface area contributed by atoms with Crippen molar-refractivity contribution in [3.8, 4) is 0 Å². The van der Waals surface area contributed by atoms with E-state index in [1.807, 2.05) is 24.3 Å². The second-order valence-corrected chi connectivity index (χ2v) is 4.86. The topological polar surface area (TPSA) is 58.0 Å². The van der Waals surface area contributed by atoms with Crippen molar-refractivity contribution in [2.24, 2.45) is 0 Å². The van der Waals surface area contributed by atoms with E-state index in [0.29, 0.717) is 11.6 Å². The Balaban J connectivity index is 2.01. The van der Waals surface area contributed by atoms with Crippen LogP contribution in [-0.4, -0.2) is 21.9 Å². The van der Waals surface area contributed by atoms with Crippen molar-refractivity contribution in [3.63, 3.8) is 0 Å². The summed E-state index contributed by atoms with van der Waals surface area (Å²) in [7, 11) is 0. The molecule has 2 aromatic rings. The molecule has 4 nitrogen and oxygen atoms in total. The predicted molar refractivity (Wildman–Crippen MR) is 68.0 cm³/mol. The van der Waals surface area contributed by atoms with Crippen LogP contribution in [0.1, 0.15) is 16.6 Å². The molecule has 90 valence electrons. The van der Waals surface area contributed by atoms with Crippen LogP contribution < -0.4 is 5.32 Å². The fourth-order valence-corrected chi connectivity index (χ4v) is 2.17. The fraction of sp³-hybridized carbons (Fsp3) is 0.273. The maximum Gasteiger partial charge on any atom is 0.131 e. The Bertz CT molecular complexity index is 463. The molecule has 0 bridgehead atoms. The number of halogens is 1. The van der Waals surface area contributed by atoms with Crippen LogP contribution in [0, 0.1) is 0 Å². The van der Waals surface area contributed by atoms with E-state index < -0.39 is 0 Å². The lowest BCUT2D eigenvalue weighted by atomic mass is 10.1. The number of aromatic nitrogens is 2. The van der Waals surface area contributed by atoms with Crippen LogP contribution in [0.3, 0.4) is 0 Å². The Morgan fingerprint density at radius 1 is 1.47 bits per heavy atom. The zero-order chi connectivity index (χ0) is 12.1. The lowest BCUT2D eigenvalue weighted by molar-refractivity contribution is 0.243. The highest BCUT2D eigenvalue weighted by Crippen LogP contribution is 2.18. The van der Waals surface area contributed by atoms with Gasteiger partial charge >= 0.3 is 0 Å². The summed E-state index contributed by atoms with van der Waals surface area (Å²) >= 11 is 7.40. The fourth-order valence-electron chi connectivity index (χ4n) is 1.49. The summed E-state index contributed by atoms with van der Waals surface area (Å²) in [6.07, 6.45) is 0. The molecule has 6 heteroatoms. The molecule has 0 aliphatic rings. The molecular formula is C11H12ClN3OS. The molecule has 0 saturated heterocycles. The molecular weight excluding hydrogens is 258 g/mol. The Hall–Kier alpha value is -1.01. The summed E-state index contributed by atoms with van der Waals surface area (Å²) < 4.78 is 0. The van der Waals surface area contributed by atoms with Crippen LogP contribution in [0.2, 0.25) is 5.02 Å². The zero-order valence-corrected chi connectivity index (χ0v) is 10.6. The van der Waals surface area contributed by atoms with Gasteiger partial charge in [0.05, 0.1) is 19.2 Å². The van der Waals surface area contributed by atoms with Crippen molar-refractivity contribution in [2.75, 3.05) is 6.61 Å². The number of rotatable bonds is 5. The van der Waals surface area contributed by atoms with E-state index in [9.17, 15) is 5.11 Å². The van der Waals surface area contributed by atoms with Gasteiger partial charge in [0.1, 0.15) is 10.5 Å². The van der Waals surface area contributed by atoms with E-state index in [1.165, 1.54) is 11.3 Å². The van der Waals surface area contributed by atoms with Crippen LogP contribution in [0.4, 0.5) is 0 Å². The van der Waals surface area contributed by atoms with Gasteiger partial charge in [0.25, 0.3) is 0 Å². The second kappa shape index (κ2) is 6.07. The summed E-state index contributed by atoms with van der Waals surface area (Å²) in [5.41, 5.74) is 2.65. The van der Waals surface area contributed by atoms with Crippen LogP contribution in [0.25, 0.3) is 0 Å². The van der Waals surface area contributed by atoms with Crippen LogP contribution in [0.5, 0.6) is 0 Å². The Morgan fingerprint density at radius 3 is 3.00 bits per heavy atom. The Kier molecular flexibility index (Phi) is 4.44. The summed E-state index contributed by atoms with van der Waals surface area (Å²) in [5, 5.41) is 21.8. The van der Waals surface area contributed by atoms with Gasteiger partial charge in [-0.15, -0.1) is 21.5 Å². The number of nitrogens with zero attached hydrogens (tertiary/aromatic N) is 2. The highest BCUT2D eigenvalue weighted by atomic mass is 35.5. The molecule has 0 aliphatic heterocycles. The normalized spacial score (nSPS) is 12.6. The average Bonchev–Trinajstić information content (AvgIpc) is 2.83. The van der Waals surface area contributed by atoms with E-state index in [4.69, 9.17) is 11.6 Å². The quantitative estimate of drug-likeness (QED) is 0.872. The largest absolute Gasteiger partial charge is 0.394 e. The lowest BCUT2D eigenvalue weighted by Crippen LogP contribution is -2.23. The first-order chi connectivity index (χ1) is 8.29. The monoisotopic (exact) mass is 269 g/mol. The molecule has 0 saturated carbocycles. The molecule has 1 aromatic heterocycles. The van der Waals surface area contributed by atoms with Gasteiger partial charge in [-0.25, -0.2) is 0 Å². The van der Waals surface area contributed by atoms with Gasteiger partial charge in [-0.2, -0.15) is 0 Å². The summed E-state index contributed by atoms with van der Waals surface area (Å²) in [6.45, 7) is 0.599. The molecule has 17 heavy (non-hydrogen) atoms. The molecule has 1 aromatic carbocycles. The summed E-state index contributed by atoms with van der Waals surface area (Å²) in [6, 6.07) is 7.31. The van der Waals surface area contributed by atoms with E-state index in [-0.39, 0.29) is 12.6 Å². The Labute approximate surface area is 108 Å². The third kappa shape index (κ3) is 3.47. The van der Waals surface area contributed by atoms with E-state index in [1.54, 1.807) is 5.51 Å². The van der Waals surface area contributed by atoms with Crippen molar-refractivity contribution in [1.29, 1.82) is 0 Å². The number of aliphatic hydroxyl groups is 1. The number of hydrogen-bond donors (Lipinski definition) is 2. The van der Waals surface area contributed by atoms with Crippen molar-refractivity contribution in [1.82, 2.24) is 15.5 Å². The van der Waals surface area contributed by atoms with Crippen molar-refractivity contribution < 1.29 is 5.11 Å². The average molecular weight is 270 g/mol. The van der Waals surface area contributed by atoms with Crippen LogP contribution >= 0.6 is 22.9 Å². The number of aliphatic hydroxyl groups excluding tert-OH is 1. The predicted octanol–water partition coefficient (Wildman–Crippen LogP) is 2.01.